The lowest BCUT2D eigenvalue weighted by Crippen LogP contribution is -2.40. The van der Waals surface area contributed by atoms with Crippen molar-refractivity contribution in [1.82, 2.24) is 9.80 Å². The summed E-state index contributed by atoms with van der Waals surface area (Å²) in [6.07, 6.45) is 3.18. The standard InChI is InChI=1S/C18H21FN2O2/c1-12(2)21-17(22)15(13-6-8-14(19)9-7-13)16(18(21)23)20-10-4-3-5-11-20/h6-9,12H,3-5,10-11H2,1-2H3. The molecule has 0 radical (unpaired) electrons. The highest BCUT2D eigenvalue weighted by Crippen LogP contribution is 2.34. The summed E-state index contributed by atoms with van der Waals surface area (Å²) in [4.78, 5) is 29.0. The first kappa shape index (κ1) is 15.7. The van der Waals surface area contributed by atoms with Crippen molar-refractivity contribution in [1.29, 1.82) is 0 Å². The fraction of sp³-hybridized carbons (Fsp3) is 0.444. The van der Waals surface area contributed by atoms with Gasteiger partial charge in [-0.15, -0.1) is 0 Å². The lowest BCUT2D eigenvalue weighted by atomic mass is 10.0. The molecule has 0 atom stereocenters. The van der Waals surface area contributed by atoms with Gasteiger partial charge in [-0.1, -0.05) is 12.1 Å². The molecule has 0 aromatic heterocycles. The number of rotatable bonds is 3. The zero-order chi connectivity index (χ0) is 16.6. The summed E-state index contributed by atoms with van der Waals surface area (Å²) in [5.74, 6) is -0.866. The summed E-state index contributed by atoms with van der Waals surface area (Å²) >= 11 is 0. The van der Waals surface area contributed by atoms with Crippen molar-refractivity contribution < 1.29 is 14.0 Å². The van der Waals surface area contributed by atoms with Crippen LogP contribution in [0.4, 0.5) is 4.39 Å². The third-order valence-corrected chi connectivity index (χ3v) is 4.41. The number of carbonyl (C=O) groups excluding carboxylic acids is 2. The molecule has 23 heavy (non-hydrogen) atoms. The van der Waals surface area contributed by atoms with E-state index in [1.54, 1.807) is 12.1 Å². The van der Waals surface area contributed by atoms with Gasteiger partial charge in [0.15, 0.2) is 0 Å². The molecule has 0 aliphatic carbocycles. The minimum atomic E-state index is -0.355. The highest BCUT2D eigenvalue weighted by Gasteiger charge is 2.42. The number of nitrogens with zero attached hydrogens (tertiary/aromatic N) is 2. The SMILES string of the molecule is CC(C)N1C(=O)C(c2ccc(F)cc2)=C(N2CCCCC2)C1=O. The molecule has 3 rings (SSSR count). The van der Waals surface area contributed by atoms with E-state index < -0.39 is 0 Å². The summed E-state index contributed by atoms with van der Waals surface area (Å²) in [5, 5.41) is 0. The van der Waals surface area contributed by atoms with Crippen LogP contribution in [0.25, 0.3) is 5.57 Å². The number of halogens is 1. The molecule has 0 spiro atoms. The fourth-order valence-corrected chi connectivity index (χ4v) is 3.29. The molecular formula is C18H21FN2O2. The zero-order valence-corrected chi connectivity index (χ0v) is 13.5. The molecule has 2 aliphatic heterocycles. The summed E-state index contributed by atoms with van der Waals surface area (Å²) in [7, 11) is 0. The zero-order valence-electron chi connectivity index (χ0n) is 13.5. The second kappa shape index (κ2) is 6.14. The van der Waals surface area contributed by atoms with Crippen molar-refractivity contribution in [2.75, 3.05) is 13.1 Å². The molecule has 0 saturated carbocycles. The number of carbonyl (C=O) groups is 2. The summed E-state index contributed by atoms with van der Waals surface area (Å²) in [6, 6.07) is 5.60. The predicted octanol–water partition coefficient (Wildman–Crippen LogP) is 2.80. The number of benzene rings is 1. The maximum atomic E-state index is 13.2. The van der Waals surface area contributed by atoms with E-state index in [0.717, 1.165) is 32.4 Å². The minimum absolute atomic E-state index is 0.201. The van der Waals surface area contributed by atoms with Crippen LogP contribution in [-0.2, 0) is 9.59 Å². The van der Waals surface area contributed by atoms with Crippen molar-refractivity contribution in [3.63, 3.8) is 0 Å². The van der Waals surface area contributed by atoms with E-state index in [9.17, 15) is 14.0 Å². The number of piperidine rings is 1. The maximum absolute atomic E-state index is 13.2. The Labute approximate surface area is 135 Å². The second-order valence-electron chi connectivity index (χ2n) is 6.35. The fourth-order valence-electron chi connectivity index (χ4n) is 3.29. The molecule has 2 heterocycles. The molecule has 4 nitrogen and oxygen atoms in total. The Bertz CT molecular complexity index is 658. The van der Waals surface area contributed by atoms with Crippen molar-refractivity contribution in [3.8, 4) is 0 Å². The molecule has 1 aromatic rings. The first-order valence-electron chi connectivity index (χ1n) is 8.13. The van der Waals surface area contributed by atoms with Gasteiger partial charge in [0.2, 0.25) is 0 Å². The summed E-state index contributed by atoms with van der Waals surface area (Å²) in [6.45, 7) is 5.23. The average molecular weight is 316 g/mol. The largest absolute Gasteiger partial charge is 0.366 e. The van der Waals surface area contributed by atoms with E-state index in [4.69, 9.17) is 0 Å². The quantitative estimate of drug-likeness (QED) is 0.805. The van der Waals surface area contributed by atoms with Crippen LogP contribution >= 0.6 is 0 Å². The molecule has 2 amide bonds. The molecular weight excluding hydrogens is 295 g/mol. The van der Waals surface area contributed by atoms with Gasteiger partial charge in [-0.05, 0) is 50.8 Å². The van der Waals surface area contributed by atoms with Crippen LogP contribution in [0.5, 0.6) is 0 Å². The Hall–Kier alpha value is -2.17. The first-order chi connectivity index (χ1) is 11.0. The van der Waals surface area contributed by atoms with Crippen LogP contribution in [0.1, 0.15) is 38.7 Å². The topological polar surface area (TPSA) is 40.6 Å². The van der Waals surface area contributed by atoms with Crippen LogP contribution in [0.3, 0.4) is 0 Å². The Morgan fingerprint density at radius 1 is 0.957 bits per heavy atom. The minimum Gasteiger partial charge on any atom is -0.366 e. The smallest absolute Gasteiger partial charge is 0.278 e. The number of hydrogen-bond acceptors (Lipinski definition) is 3. The van der Waals surface area contributed by atoms with Gasteiger partial charge in [-0.3, -0.25) is 14.5 Å². The van der Waals surface area contributed by atoms with Gasteiger partial charge < -0.3 is 4.90 Å². The summed E-state index contributed by atoms with van der Waals surface area (Å²) < 4.78 is 13.2. The van der Waals surface area contributed by atoms with Crippen molar-refractivity contribution in [2.45, 2.75) is 39.2 Å². The van der Waals surface area contributed by atoms with E-state index in [1.807, 2.05) is 18.7 Å². The third-order valence-electron chi connectivity index (χ3n) is 4.41. The number of imide groups is 1. The lowest BCUT2D eigenvalue weighted by Gasteiger charge is -2.30. The van der Waals surface area contributed by atoms with E-state index in [-0.39, 0.29) is 23.7 Å². The predicted molar refractivity (Wildman–Crippen MR) is 85.7 cm³/mol. The van der Waals surface area contributed by atoms with Crippen molar-refractivity contribution in [2.24, 2.45) is 0 Å². The molecule has 0 bridgehead atoms. The molecule has 5 heteroatoms. The van der Waals surface area contributed by atoms with Gasteiger partial charge in [-0.25, -0.2) is 4.39 Å². The summed E-state index contributed by atoms with van der Waals surface area (Å²) in [5.41, 5.74) is 1.49. The highest BCUT2D eigenvalue weighted by atomic mass is 19.1. The highest BCUT2D eigenvalue weighted by molar-refractivity contribution is 6.35. The number of likely N-dealkylation sites (tertiary alicyclic amines) is 1. The van der Waals surface area contributed by atoms with E-state index >= 15 is 0 Å². The van der Waals surface area contributed by atoms with Crippen LogP contribution < -0.4 is 0 Å². The van der Waals surface area contributed by atoms with Gasteiger partial charge in [0.05, 0.1) is 5.57 Å². The van der Waals surface area contributed by atoms with Gasteiger partial charge in [-0.2, -0.15) is 0 Å². The maximum Gasteiger partial charge on any atom is 0.278 e. The number of hydrogen-bond donors (Lipinski definition) is 0. The molecule has 0 unspecified atom stereocenters. The molecule has 1 saturated heterocycles. The average Bonchev–Trinajstić information content (AvgIpc) is 2.80. The van der Waals surface area contributed by atoms with E-state index in [1.165, 1.54) is 17.0 Å². The Morgan fingerprint density at radius 3 is 2.13 bits per heavy atom. The monoisotopic (exact) mass is 316 g/mol. The van der Waals surface area contributed by atoms with Gasteiger partial charge in [0.1, 0.15) is 11.5 Å². The molecule has 1 fully saturated rings. The third kappa shape index (κ3) is 2.76. The van der Waals surface area contributed by atoms with Crippen molar-refractivity contribution >= 4 is 17.4 Å². The Kier molecular flexibility index (Phi) is 4.20. The normalized spacial score (nSPS) is 19.3. The van der Waals surface area contributed by atoms with E-state index in [0.29, 0.717) is 16.8 Å². The molecule has 2 aliphatic rings. The van der Waals surface area contributed by atoms with Crippen LogP contribution in [-0.4, -0.2) is 40.7 Å². The molecule has 0 N–H and O–H groups in total. The van der Waals surface area contributed by atoms with Crippen LogP contribution in [0.2, 0.25) is 0 Å². The first-order valence-corrected chi connectivity index (χ1v) is 8.13. The van der Waals surface area contributed by atoms with Crippen LogP contribution in [0.15, 0.2) is 30.0 Å². The Morgan fingerprint density at radius 2 is 1.57 bits per heavy atom. The Balaban J connectivity index is 2.10. The van der Waals surface area contributed by atoms with E-state index in [2.05, 4.69) is 0 Å². The van der Waals surface area contributed by atoms with Gasteiger partial charge in [0, 0.05) is 19.1 Å². The molecule has 122 valence electrons. The number of amides is 2. The second-order valence-corrected chi connectivity index (χ2v) is 6.35. The van der Waals surface area contributed by atoms with Gasteiger partial charge >= 0.3 is 0 Å². The van der Waals surface area contributed by atoms with Crippen molar-refractivity contribution in [3.05, 3.63) is 41.3 Å². The lowest BCUT2D eigenvalue weighted by molar-refractivity contribution is -0.139. The molecule has 1 aromatic carbocycles. The van der Waals surface area contributed by atoms with Gasteiger partial charge in [0.25, 0.3) is 11.8 Å². The van der Waals surface area contributed by atoms with Crippen LogP contribution in [0, 0.1) is 5.82 Å².